The minimum atomic E-state index is -3.61. The molecule has 1 aromatic heterocycles. The van der Waals surface area contributed by atoms with Gasteiger partial charge in [0, 0.05) is 4.88 Å². The van der Waals surface area contributed by atoms with Crippen LogP contribution in [0, 0.1) is 26.7 Å². The van der Waals surface area contributed by atoms with Gasteiger partial charge in [0.25, 0.3) is 10.0 Å². The number of aryl methyl sites for hydroxylation is 4. The summed E-state index contributed by atoms with van der Waals surface area (Å²) in [6.07, 6.45) is 3.06. The van der Waals surface area contributed by atoms with Gasteiger partial charge >= 0.3 is 0 Å². The summed E-state index contributed by atoms with van der Waals surface area (Å²) in [6.45, 7) is 7.87. The zero-order valence-corrected chi connectivity index (χ0v) is 15.6. The van der Waals surface area contributed by atoms with Crippen molar-refractivity contribution >= 4 is 26.5 Å². The maximum absolute atomic E-state index is 12.8. The minimum absolute atomic E-state index is 0.365. The summed E-state index contributed by atoms with van der Waals surface area (Å²) in [5, 5.41) is 0.489. The maximum atomic E-state index is 12.8. The predicted octanol–water partition coefficient (Wildman–Crippen LogP) is 3.99. The van der Waals surface area contributed by atoms with Crippen molar-refractivity contribution < 1.29 is 8.42 Å². The van der Waals surface area contributed by atoms with Gasteiger partial charge in [0.2, 0.25) is 0 Å². The number of nitrogens with one attached hydrogen (secondary N) is 1. The summed E-state index contributed by atoms with van der Waals surface area (Å²) < 4.78 is 28.3. The van der Waals surface area contributed by atoms with Crippen LogP contribution < -0.4 is 4.72 Å². The molecule has 1 atom stereocenters. The number of benzene rings is 1. The summed E-state index contributed by atoms with van der Waals surface area (Å²) in [5.41, 5.74) is 3.66. The molecular weight excluding hydrogens is 328 g/mol. The highest BCUT2D eigenvalue weighted by molar-refractivity contribution is 7.93. The summed E-state index contributed by atoms with van der Waals surface area (Å²) in [7, 11) is -3.61. The Labute approximate surface area is 142 Å². The second-order valence-corrected chi connectivity index (χ2v) is 9.27. The van der Waals surface area contributed by atoms with Crippen molar-refractivity contribution in [3.8, 4) is 0 Å². The average Bonchev–Trinajstić information content (AvgIpc) is 2.77. The first-order valence-electron chi connectivity index (χ1n) is 7.85. The average molecular weight is 351 g/mol. The van der Waals surface area contributed by atoms with Crippen molar-refractivity contribution in [2.24, 2.45) is 5.92 Å². The van der Waals surface area contributed by atoms with Crippen molar-refractivity contribution in [1.29, 1.82) is 0 Å². The molecule has 2 aromatic rings. The van der Waals surface area contributed by atoms with E-state index in [0.29, 0.717) is 15.9 Å². The molecule has 0 fully saturated rings. The Hall–Kier alpha value is -1.40. The van der Waals surface area contributed by atoms with Crippen LogP contribution in [-0.2, 0) is 22.9 Å². The van der Waals surface area contributed by atoms with E-state index in [2.05, 4.69) is 16.6 Å². The molecular formula is C17H22N2O2S2. The van der Waals surface area contributed by atoms with Crippen LogP contribution in [0.15, 0.2) is 17.0 Å². The first-order valence-corrected chi connectivity index (χ1v) is 10.2. The molecule has 1 unspecified atom stereocenters. The molecule has 6 heteroatoms. The fourth-order valence-electron chi connectivity index (χ4n) is 3.34. The van der Waals surface area contributed by atoms with Crippen LogP contribution in [0.3, 0.4) is 0 Å². The molecule has 1 aliphatic rings. The van der Waals surface area contributed by atoms with E-state index in [9.17, 15) is 8.42 Å². The lowest BCUT2D eigenvalue weighted by Crippen LogP contribution is -2.16. The Morgan fingerprint density at radius 2 is 1.87 bits per heavy atom. The number of rotatable bonds is 3. The third kappa shape index (κ3) is 3.28. The SMILES string of the molecule is Cc1cc(C)c(S(=O)(=O)Nc2nc3c(s2)CC(C)CC3)c(C)c1. The molecule has 1 aliphatic carbocycles. The summed E-state index contributed by atoms with van der Waals surface area (Å²) in [5.74, 6) is 0.647. The molecule has 124 valence electrons. The number of anilines is 1. The predicted molar refractivity (Wildman–Crippen MR) is 94.8 cm³/mol. The van der Waals surface area contributed by atoms with Gasteiger partial charge in [0.15, 0.2) is 5.13 Å². The highest BCUT2D eigenvalue weighted by Crippen LogP contribution is 2.33. The quantitative estimate of drug-likeness (QED) is 0.910. The van der Waals surface area contributed by atoms with E-state index in [0.717, 1.165) is 41.6 Å². The first-order chi connectivity index (χ1) is 10.8. The van der Waals surface area contributed by atoms with Crippen LogP contribution in [0.4, 0.5) is 5.13 Å². The van der Waals surface area contributed by atoms with Gasteiger partial charge in [-0.3, -0.25) is 4.72 Å². The van der Waals surface area contributed by atoms with E-state index in [1.54, 1.807) is 0 Å². The van der Waals surface area contributed by atoms with Crippen LogP contribution >= 0.6 is 11.3 Å². The van der Waals surface area contributed by atoms with Gasteiger partial charge in [-0.05, 0) is 57.1 Å². The molecule has 0 bridgehead atoms. The Balaban J connectivity index is 1.94. The Bertz CT molecular complexity index is 830. The molecule has 1 heterocycles. The molecule has 0 spiro atoms. The van der Waals surface area contributed by atoms with E-state index in [-0.39, 0.29) is 0 Å². The lowest BCUT2D eigenvalue weighted by Gasteiger charge is -2.15. The van der Waals surface area contributed by atoms with Crippen LogP contribution in [-0.4, -0.2) is 13.4 Å². The van der Waals surface area contributed by atoms with Crippen molar-refractivity contribution in [2.75, 3.05) is 4.72 Å². The van der Waals surface area contributed by atoms with Crippen molar-refractivity contribution in [1.82, 2.24) is 4.98 Å². The number of nitrogens with zero attached hydrogens (tertiary/aromatic N) is 1. The number of thiazole rings is 1. The molecule has 4 nitrogen and oxygen atoms in total. The number of hydrogen-bond acceptors (Lipinski definition) is 4. The molecule has 0 radical (unpaired) electrons. The smallest absolute Gasteiger partial charge is 0.255 e. The Morgan fingerprint density at radius 1 is 1.22 bits per heavy atom. The normalized spacial score (nSPS) is 17.8. The molecule has 1 aromatic carbocycles. The highest BCUT2D eigenvalue weighted by Gasteiger charge is 2.24. The van der Waals surface area contributed by atoms with E-state index in [1.165, 1.54) is 16.2 Å². The Kier molecular flexibility index (Phi) is 4.23. The zero-order valence-electron chi connectivity index (χ0n) is 13.9. The monoisotopic (exact) mass is 350 g/mol. The van der Waals surface area contributed by atoms with Gasteiger partial charge in [0.05, 0.1) is 10.6 Å². The maximum Gasteiger partial charge on any atom is 0.264 e. The summed E-state index contributed by atoms with van der Waals surface area (Å²) in [6, 6.07) is 3.80. The van der Waals surface area contributed by atoms with Crippen LogP contribution in [0.25, 0.3) is 0 Å². The van der Waals surface area contributed by atoms with Gasteiger partial charge in [-0.1, -0.05) is 24.6 Å². The van der Waals surface area contributed by atoms with Crippen LogP contribution in [0.2, 0.25) is 0 Å². The first kappa shape index (κ1) is 16.5. The van der Waals surface area contributed by atoms with E-state index in [1.807, 2.05) is 32.9 Å². The second kappa shape index (κ2) is 5.91. The Morgan fingerprint density at radius 3 is 2.52 bits per heavy atom. The highest BCUT2D eigenvalue weighted by atomic mass is 32.2. The zero-order chi connectivity index (χ0) is 16.8. The van der Waals surface area contributed by atoms with Crippen molar-refractivity contribution in [2.45, 2.75) is 51.9 Å². The van der Waals surface area contributed by atoms with Gasteiger partial charge < -0.3 is 0 Å². The largest absolute Gasteiger partial charge is 0.264 e. The van der Waals surface area contributed by atoms with E-state index in [4.69, 9.17) is 0 Å². The van der Waals surface area contributed by atoms with Crippen LogP contribution in [0.1, 0.15) is 40.6 Å². The standard InChI is InChI=1S/C17H22N2O2S2/c1-10-5-6-14-15(9-10)22-17(18-14)19-23(20,21)16-12(3)7-11(2)8-13(16)4/h7-8,10H,5-6,9H2,1-4H3,(H,18,19). The van der Waals surface area contributed by atoms with E-state index >= 15 is 0 Å². The molecule has 3 rings (SSSR count). The fraction of sp³-hybridized carbons (Fsp3) is 0.471. The third-order valence-corrected chi connectivity index (χ3v) is 7.09. The number of sulfonamides is 1. The summed E-state index contributed by atoms with van der Waals surface area (Å²) >= 11 is 1.47. The molecule has 1 N–H and O–H groups in total. The number of fused-ring (bicyclic) bond motifs is 1. The number of hydrogen-bond donors (Lipinski definition) is 1. The second-order valence-electron chi connectivity index (χ2n) is 6.57. The molecule has 0 aliphatic heterocycles. The third-order valence-electron chi connectivity index (χ3n) is 4.28. The lowest BCUT2D eigenvalue weighted by atomic mass is 9.93. The van der Waals surface area contributed by atoms with Gasteiger partial charge in [0.1, 0.15) is 0 Å². The topological polar surface area (TPSA) is 59.1 Å². The minimum Gasteiger partial charge on any atom is -0.255 e. The molecule has 0 amide bonds. The fourth-order valence-corrected chi connectivity index (χ4v) is 6.20. The molecule has 0 saturated heterocycles. The van der Waals surface area contributed by atoms with Crippen LogP contribution in [0.5, 0.6) is 0 Å². The number of aromatic nitrogens is 1. The van der Waals surface area contributed by atoms with E-state index < -0.39 is 10.0 Å². The van der Waals surface area contributed by atoms with Gasteiger partial charge in [-0.2, -0.15) is 0 Å². The van der Waals surface area contributed by atoms with Gasteiger partial charge in [-0.15, -0.1) is 11.3 Å². The van der Waals surface area contributed by atoms with Crippen molar-refractivity contribution in [3.63, 3.8) is 0 Å². The van der Waals surface area contributed by atoms with Gasteiger partial charge in [-0.25, -0.2) is 13.4 Å². The molecule has 0 saturated carbocycles. The summed E-state index contributed by atoms with van der Waals surface area (Å²) in [4.78, 5) is 6.09. The van der Waals surface area contributed by atoms with Crippen molar-refractivity contribution in [3.05, 3.63) is 39.4 Å². The molecule has 23 heavy (non-hydrogen) atoms. The lowest BCUT2D eigenvalue weighted by molar-refractivity contribution is 0.502.